The maximum Gasteiger partial charge on any atom is 0.500 e. The van der Waals surface area contributed by atoms with Crippen LogP contribution >= 0.6 is 0 Å². The summed E-state index contributed by atoms with van der Waals surface area (Å²) in [5, 5.41) is 0. The van der Waals surface area contributed by atoms with Gasteiger partial charge in [0.2, 0.25) is 0 Å². The Morgan fingerprint density at radius 3 is 2.18 bits per heavy atom. The van der Waals surface area contributed by atoms with Crippen LogP contribution < -0.4 is 5.73 Å². The van der Waals surface area contributed by atoms with Gasteiger partial charge in [-0.2, -0.15) is 0 Å². The first-order chi connectivity index (χ1) is 8.10. The molecule has 0 aromatic rings. The van der Waals surface area contributed by atoms with Crippen molar-refractivity contribution in [2.45, 2.75) is 45.6 Å². The van der Waals surface area contributed by atoms with E-state index in [9.17, 15) is 0 Å². The van der Waals surface area contributed by atoms with Crippen LogP contribution in [0, 0.1) is 5.92 Å². The van der Waals surface area contributed by atoms with Crippen molar-refractivity contribution in [2.75, 3.05) is 27.4 Å². The molecule has 0 heterocycles. The molecule has 104 valence electrons. The summed E-state index contributed by atoms with van der Waals surface area (Å²) < 4.78 is 16.9. The summed E-state index contributed by atoms with van der Waals surface area (Å²) in [4.78, 5) is 0. The predicted octanol–water partition coefficient (Wildman–Crippen LogP) is 2.41. The van der Waals surface area contributed by atoms with E-state index in [2.05, 4.69) is 13.8 Å². The van der Waals surface area contributed by atoms with Crippen molar-refractivity contribution in [1.82, 2.24) is 0 Å². The minimum atomic E-state index is -2.40. The average molecular weight is 263 g/mol. The molecule has 0 atom stereocenters. The van der Waals surface area contributed by atoms with E-state index in [-0.39, 0.29) is 0 Å². The highest BCUT2D eigenvalue weighted by Crippen LogP contribution is 2.20. The molecule has 0 aromatic carbocycles. The molecular formula is C12H29NO3Si. The predicted molar refractivity (Wildman–Crippen MR) is 72.9 cm³/mol. The minimum Gasteiger partial charge on any atom is -0.377 e. The van der Waals surface area contributed by atoms with Gasteiger partial charge in [0.15, 0.2) is 0 Å². The quantitative estimate of drug-likeness (QED) is 0.459. The van der Waals surface area contributed by atoms with Crippen molar-refractivity contribution in [3.8, 4) is 0 Å². The highest BCUT2D eigenvalue weighted by Gasteiger charge is 2.38. The second-order valence-electron chi connectivity index (χ2n) is 4.72. The van der Waals surface area contributed by atoms with Crippen LogP contribution in [0.25, 0.3) is 0 Å². The first-order valence-corrected chi connectivity index (χ1v) is 8.47. The Kier molecular flexibility index (Phi) is 10.1. The molecule has 0 saturated heterocycles. The maximum absolute atomic E-state index is 5.88. The summed E-state index contributed by atoms with van der Waals surface area (Å²) in [5.74, 6) is 0.646. The lowest BCUT2D eigenvalue weighted by Crippen LogP contribution is -2.44. The molecule has 0 aliphatic carbocycles. The summed E-state index contributed by atoms with van der Waals surface area (Å²) in [6, 6.07) is 0.897. The summed E-state index contributed by atoms with van der Waals surface area (Å²) in [7, 11) is 0.983. The third-order valence-electron chi connectivity index (χ3n) is 2.82. The highest BCUT2D eigenvalue weighted by atomic mass is 28.4. The highest BCUT2D eigenvalue weighted by molar-refractivity contribution is 6.60. The lowest BCUT2D eigenvalue weighted by atomic mass is 10.2. The summed E-state index contributed by atoms with van der Waals surface area (Å²) in [6.07, 6.45) is 4.28. The Bertz CT molecular complexity index is 175. The van der Waals surface area contributed by atoms with Gasteiger partial charge in [0.25, 0.3) is 0 Å². The zero-order valence-corrected chi connectivity index (χ0v) is 12.8. The van der Waals surface area contributed by atoms with Crippen LogP contribution in [0.1, 0.15) is 39.5 Å². The molecule has 0 aromatic heterocycles. The van der Waals surface area contributed by atoms with Crippen LogP contribution in [0.2, 0.25) is 6.04 Å². The summed E-state index contributed by atoms with van der Waals surface area (Å²) >= 11 is 0. The van der Waals surface area contributed by atoms with Crippen LogP contribution in [-0.2, 0) is 13.3 Å². The Morgan fingerprint density at radius 2 is 1.71 bits per heavy atom. The van der Waals surface area contributed by atoms with Gasteiger partial charge < -0.3 is 19.0 Å². The molecule has 0 aliphatic heterocycles. The van der Waals surface area contributed by atoms with Gasteiger partial charge in [0.1, 0.15) is 0 Å². The monoisotopic (exact) mass is 263 g/mol. The fourth-order valence-electron chi connectivity index (χ4n) is 1.59. The molecule has 0 unspecified atom stereocenters. The minimum absolute atomic E-state index is 0.646. The Balaban J connectivity index is 3.93. The van der Waals surface area contributed by atoms with E-state index in [4.69, 9.17) is 19.0 Å². The molecule has 0 fully saturated rings. The summed E-state index contributed by atoms with van der Waals surface area (Å²) in [5.41, 5.74) is 5.45. The van der Waals surface area contributed by atoms with E-state index in [1.807, 2.05) is 0 Å². The number of nitrogens with two attached hydrogens (primary N) is 1. The van der Waals surface area contributed by atoms with Gasteiger partial charge >= 0.3 is 8.80 Å². The van der Waals surface area contributed by atoms with Crippen LogP contribution in [0.3, 0.4) is 0 Å². The first-order valence-electron chi connectivity index (χ1n) is 6.54. The van der Waals surface area contributed by atoms with E-state index >= 15 is 0 Å². The van der Waals surface area contributed by atoms with Crippen LogP contribution in [0.15, 0.2) is 0 Å². The first kappa shape index (κ1) is 17.1. The van der Waals surface area contributed by atoms with Crippen LogP contribution in [0.5, 0.6) is 0 Å². The molecule has 0 radical (unpaired) electrons. The molecule has 0 bridgehead atoms. The van der Waals surface area contributed by atoms with Crippen molar-refractivity contribution in [1.29, 1.82) is 0 Å². The smallest absolute Gasteiger partial charge is 0.377 e. The Labute approximate surface area is 107 Å². The summed E-state index contributed by atoms with van der Waals surface area (Å²) in [6.45, 7) is 5.87. The van der Waals surface area contributed by atoms with E-state index in [1.54, 1.807) is 14.2 Å². The van der Waals surface area contributed by atoms with Gasteiger partial charge in [-0.1, -0.05) is 13.8 Å². The van der Waals surface area contributed by atoms with Gasteiger partial charge in [-0.05, 0) is 38.1 Å². The molecule has 4 nitrogen and oxygen atoms in total. The zero-order chi connectivity index (χ0) is 13.1. The van der Waals surface area contributed by atoms with Crippen LogP contribution in [0.4, 0.5) is 0 Å². The van der Waals surface area contributed by atoms with Gasteiger partial charge in [-0.15, -0.1) is 0 Å². The number of hydrogen-bond donors (Lipinski definition) is 1. The molecule has 0 saturated carbocycles. The maximum atomic E-state index is 5.88. The van der Waals surface area contributed by atoms with Crippen molar-refractivity contribution in [3.63, 3.8) is 0 Å². The number of rotatable bonds is 11. The van der Waals surface area contributed by atoms with Gasteiger partial charge in [0.05, 0.1) is 0 Å². The van der Waals surface area contributed by atoms with Crippen LogP contribution in [-0.4, -0.2) is 36.2 Å². The third-order valence-corrected chi connectivity index (χ3v) is 5.61. The second-order valence-corrected chi connectivity index (χ2v) is 7.69. The molecule has 0 rings (SSSR count). The lowest BCUT2D eigenvalue weighted by molar-refractivity contribution is 0.0948. The largest absolute Gasteiger partial charge is 0.500 e. The molecule has 17 heavy (non-hydrogen) atoms. The zero-order valence-electron chi connectivity index (χ0n) is 11.8. The molecular weight excluding hydrogens is 234 g/mol. The standard InChI is InChI=1S/C12H29NO3Si/c1-12(2)8-11-17(14-3,15-4)16-10-7-5-6-9-13/h12H,5-11,13H2,1-4H3. The molecule has 0 aliphatic rings. The topological polar surface area (TPSA) is 53.7 Å². The van der Waals surface area contributed by atoms with E-state index in [0.717, 1.165) is 38.3 Å². The van der Waals surface area contributed by atoms with E-state index in [0.29, 0.717) is 12.5 Å². The molecule has 2 N–H and O–H groups in total. The third kappa shape index (κ3) is 7.89. The van der Waals surface area contributed by atoms with E-state index in [1.165, 1.54) is 0 Å². The van der Waals surface area contributed by atoms with Gasteiger partial charge in [-0.25, -0.2) is 0 Å². The van der Waals surface area contributed by atoms with Crippen molar-refractivity contribution in [3.05, 3.63) is 0 Å². The van der Waals surface area contributed by atoms with E-state index < -0.39 is 8.80 Å². The lowest BCUT2D eigenvalue weighted by Gasteiger charge is -2.27. The molecule has 0 spiro atoms. The second kappa shape index (κ2) is 10.0. The van der Waals surface area contributed by atoms with Gasteiger partial charge in [0, 0.05) is 26.9 Å². The Morgan fingerprint density at radius 1 is 1.06 bits per heavy atom. The fourth-order valence-corrected chi connectivity index (χ4v) is 3.93. The van der Waals surface area contributed by atoms with Crippen molar-refractivity contribution >= 4 is 8.80 Å². The fraction of sp³-hybridized carbons (Fsp3) is 1.00. The Hall–Kier alpha value is 0.0569. The molecule has 5 heteroatoms. The number of hydrogen-bond acceptors (Lipinski definition) is 4. The number of unbranched alkanes of at least 4 members (excludes halogenated alkanes) is 2. The van der Waals surface area contributed by atoms with Gasteiger partial charge in [-0.3, -0.25) is 0 Å². The average Bonchev–Trinajstić information content (AvgIpc) is 2.33. The van der Waals surface area contributed by atoms with Crippen molar-refractivity contribution in [2.24, 2.45) is 11.7 Å². The SMILES string of the molecule is CO[Si](CCC(C)C)(OC)OCCCCCN. The molecule has 0 amide bonds. The normalized spacial score (nSPS) is 12.4. The van der Waals surface area contributed by atoms with Crippen molar-refractivity contribution < 1.29 is 13.3 Å².